The highest BCUT2D eigenvalue weighted by atomic mass is 16.6. The van der Waals surface area contributed by atoms with E-state index in [1.165, 1.54) is 0 Å². The molecule has 0 aromatic rings. The van der Waals surface area contributed by atoms with Crippen LogP contribution < -0.4 is 0 Å². The van der Waals surface area contributed by atoms with Crippen molar-refractivity contribution in [2.75, 3.05) is 26.9 Å². The van der Waals surface area contributed by atoms with Gasteiger partial charge in [-0.1, -0.05) is 0 Å². The molecule has 0 aliphatic rings. The van der Waals surface area contributed by atoms with Crippen molar-refractivity contribution in [2.24, 2.45) is 0 Å². The monoisotopic (exact) mass is 250 g/mol. The van der Waals surface area contributed by atoms with Gasteiger partial charge >= 0.3 is 7.32 Å². The molecular weight excluding hydrogens is 227 g/mol. The lowest BCUT2D eigenvalue weighted by Crippen LogP contribution is -2.28. The average molecular weight is 250 g/mol. The molecule has 3 atom stereocenters. The lowest BCUT2D eigenvalue weighted by Gasteiger charge is -2.19. The van der Waals surface area contributed by atoms with Gasteiger partial charge in [-0.05, 0) is 20.8 Å². The van der Waals surface area contributed by atoms with Gasteiger partial charge in [0.05, 0.1) is 38.1 Å². The molecule has 3 unspecified atom stereocenters. The minimum absolute atomic E-state index is 0.0471. The Bertz CT molecular complexity index is 180. The summed E-state index contributed by atoms with van der Waals surface area (Å²) in [6.45, 7) is 6.67. The number of methoxy groups -OCH3 is 1. The summed E-state index contributed by atoms with van der Waals surface area (Å²) >= 11 is 0. The zero-order valence-electron chi connectivity index (χ0n) is 11.0. The van der Waals surface area contributed by atoms with Crippen molar-refractivity contribution >= 4 is 7.32 Å². The largest absolute Gasteiger partial charge is 0.633 e. The van der Waals surface area contributed by atoms with E-state index in [-0.39, 0.29) is 24.9 Å². The SMILES string of the molecule is COC(C)COC(C)COC(C)COB(O)O. The third-order valence-electron chi connectivity index (χ3n) is 2.11. The van der Waals surface area contributed by atoms with Crippen LogP contribution in [0.4, 0.5) is 0 Å². The van der Waals surface area contributed by atoms with Gasteiger partial charge in [0.15, 0.2) is 0 Å². The number of hydrogen-bond acceptors (Lipinski definition) is 6. The number of rotatable bonds is 10. The second-order valence-electron chi connectivity index (χ2n) is 3.99. The van der Waals surface area contributed by atoms with Crippen molar-refractivity contribution < 1.29 is 28.9 Å². The van der Waals surface area contributed by atoms with E-state index in [0.717, 1.165) is 0 Å². The van der Waals surface area contributed by atoms with Gasteiger partial charge in [0.25, 0.3) is 0 Å². The quantitative estimate of drug-likeness (QED) is 0.523. The van der Waals surface area contributed by atoms with Crippen molar-refractivity contribution in [3.63, 3.8) is 0 Å². The first-order chi connectivity index (χ1) is 7.95. The molecule has 0 heterocycles. The summed E-state index contributed by atoms with van der Waals surface area (Å²) in [5.74, 6) is 0. The van der Waals surface area contributed by atoms with E-state index >= 15 is 0 Å². The summed E-state index contributed by atoms with van der Waals surface area (Å²) in [5.41, 5.74) is 0. The first-order valence-electron chi connectivity index (χ1n) is 5.69. The van der Waals surface area contributed by atoms with Crippen LogP contribution in [0.5, 0.6) is 0 Å². The first-order valence-corrected chi connectivity index (χ1v) is 5.69. The van der Waals surface area contributed by atoms with E-state index in [1.54, 1.807) is 14.0 Å². The van der Waals surface area contributed by atoms with E-state index in [4.69, 9.17) is 24.3 Å². The molecule has 0 bridgehead atoms. The van der Waals surface area contributed by atoms with Crippen LogP contribution in [0.1, 0.15) is 20.8 Å². The van der Waals surface area contributed by atoms with Crippen LogP contribution in [0.3, 0.4) is 0 Å². The van der Waals surface area contributed by atoms with Gasteiger partial charge in [0.2, 0.25) is 0 Å². The Kier molecular flexibility index (Phi) is 9.71. The fraction of sp³-hybridized carbons (Fsp3) is 1.00. The van der Waals surface area contributed by atoms with Crippen LogP contribution in [0.2, 0.25) is 0 Å². The molecule has 102 valence electrons. The van der Waals surface area contributed by atoms with Crippen molar-refractivity contribution in [3.05, 3.63) is 0 Å². The van der Waals surface area contributed by atoms with Crippen LogP contribution >= 0.6 is 0 Å². The molecule has 0 saturated carbocycles. The molecule has 0 spiro atoms. The van der Waals surface area contributed by atoms with Gasteiger partial charge in [0, 0.05) is 7.11 Å². The second kappa shape index (κ2) is 9.81. The van der Waals surface area contributed by atoms with Crippen molar-refractivity contribution in [1.82, 2.24) is 0 Å². The molecule has 0 radical (unpaired) electrons. The highest BCUT2D eigenvalue weighted by Crippen LogP contribution is 2.00. The van der Waals surface area contributed by atoms with Crippen LogP contribution in [0.25, 0.3) is 0 Å². The second-order valence-corrected chi connectivity index (χ2v) is 3.99. The summed E-state index contributed by atoms with van der Waals surface area (Å²) in [7, 11) is -0.119. The summed E-state index contributed by atoms with van der Waals surface area (Å²) < 4.78 is 20.5. The fourth-order valence-electron chi connectivity index (χ4n) is 0.985. The summed E-state index contributed by atoms with van der Waals surface area (Å²) in [5, 5.41) is 17.0. The van der Waals surface area contributed by atoms with Gasteiger partial charge in [-0.3, -0.25) is 0 Å². The standard InChI is InChI=1S/C10H23BO6/c1-8(14-4)5-15-9(2)6-16-10(3)7-17-11(12)13/h8-10,12-13H,5-7H2,1-4H3. The smallest absolute Gasteiger partial charge is 0.402 e. The maximum Gasteiger partial charge on any atom is 0.633 e. The maximum atomic E-state index is 8.49. The van der Waals surface area contributed by atoms with E-state index in [1.807, 2.05) is 13.8 Å². The molecule has 6 nitrogen and oxygen atoms in total. The van der Waals surface area contributed by atoms with Gasteiger partial charge < -0.3 is 28.9 Å². The van der Waals surface area contributed by atoms with Crippen molar-refractivity contribution in [3.8, 4) is 0 Å². The predicted octanol–water partition coefficient (Wildman–Crippen LogP) is -0.182. The van der Waals surface area contributed by atoms with Crippen LogP contribution in [0.15, 0.2) is 0 Å². The Morgan fingerprint density at radius 1 is 0.882 bits per heavy atom. The van der Waals surface area contributed by atoms with E-state index in [0.29, 0.717) is 13.2 Å². The lowest BCUT2D eigenvalue weighted by molar-refractivity contribution is -0.0682. The third-order valence-corrected chi connectivity index (χ3v) is 2.11. The first kappa shape index (κ1) is 16.8. The molecule has 0 rings (SSSR count). The minimum atomic E-state index is -1.75. The number of hydrogen-bond donors (Lipinski definition) is 2. The molecule has 2 N–H and O–H groups in total. The highest BCUT2D eigenvalue weighted by Gasteiger charge is 2.13. The van der Waals surface area contributed by atoms with Gasteiger partial charge in [-0.2, -0.15) is 0 Å². The average Bonchev–Trinajstić information content (AvgIpc) is 2.30. The molecule has 7 heteroatoms. The van der Waals surface area contributed by atoms with Gasteiger partial charge in [-0.15, -0.1) is 0 Å². The molecule has 0 aliphatic heterocycles. The summed E-state index contributed by atoms with van der Waals surface area (Å²) in [4.78, 5) is 0. The zero-order valence-corrected chi connectivity index (χ0v) is 11.0. The van der Waals surface area contributed by atoms with Crippen LogP contribution in [-0.4, -0.2) is 62.6 Å². The van der Waals surface area contributed by atoms with Gasteiger partial charge in [-0.25, -0.2) is 0 Å². The fourth-order valence-corrected chi connectivity index (χ4v) is 0.985. The Hall–Kier alpha value is -0.175. The molecule has 0 aliphatic carbocycles. The predicted molar refractivity (Wildman–Crippen MR) is 63.4 cm³/mol. The Morgan fingerprint density at radius 3 is 1.82 bits per heavy atom. The van der Waals surface area contributed by atoms with Crippen LogP contribution in [-0.2, 0) is 18.9 Å². The molecule has 0 aromatic carbocycles. The Balaban J connectivity index is 3.51. The molecule has 0 saturated heterocycles. The van der Waals surface area contributed by atoms with E-state index in [2.05, 4.69) is 4.65 Å². The third kappa shape index (κ3) is 10.7. The topological polar surface area (TPSA) is 77.4 Å². The maximum absolute atomic E-state index is 8.49. The minimum Gasteiger partial charge on any atom is -0.402 e. The van der Waals surface area contributed by atoms with Gasteiger partial charge in [0.1, 0.15) is 0 Å². The van der Waals surface area contributed by atoms with Crippen LogP contribution in [0, 0.1) is 0 Å². The zero-order chi connectivity index (χ0) is 13.3. The summed E-state index contributed by atoms with van der Waals surface area (Å²) in [6, 6.07) is 0. The summed E-state index contributed by atoms with van der Waals surface area (Å²) in [6.07, 6.45) is -0.209. The molecule has 17 heavy (non-hydrogen) atoms. The van der Waals surface area contributed by atoms with E-state index in [9.17, 15) is 0 Å². The van der Waals surface area contributed by atoms with E-state index < -0.39 is 7.32 Å². The Morgan fingerprint density at radius 2 is 1.35 bits per heavy atom. The Labute approximate surface area is 103 Å². The highest BCUT2D eigenvalue weighted by molar-refractivity contribution is 6.32. The normalized spacial score (nSPS) is 16.6. The molecule has 0 amide bonds. The molecule has 0 aromatic heterocycles. The lowest BCUT2D eigenvalue weighted by atomic mass is 10.2. The number of ether oxygens (including phenoxy) is 3. The van der Waals surface area contributed by atoms with Crippen molar-refractivity contribution in [2.45, 2.75) is 39.1 Å². The molecular formula is C10H23BO6. The van der Waals surface area contributed by atoms with Crippen molar-refractivity contribution in [1.29, 1.82) is 0 Å². The molecule has 0 fully saturated rings.